The molecular weight excluding hydrogens is 418 g/mol. The van der Waals surface area contributed by atoms with Gasteiger partial charge in [0, 0.05) is 22.2 Å². The summed E-state index contributed by atoms with van der Waals surface area (Å²) in [6, 6.07) is 14.8. The third kappa shape index (κ3) is 4.71. The maximum Gasteiger partial charge on any atom is 0.263 e. The van der Waals surface area contributed by atoms with Crippen LogP contribution in [0.5, 0.6) is 0 Å². The van der Waals surface area contributed by atoms with Crippen LogP contribution in [0, 0.1) is 12.8 Å². The molecule has 1 atom stereocenters. The first kappa shape index (κ1) is 20.6. The van der Waals surface area contributed by atoms with E-state index in [-0.39, 0.29) is 23.8 Å². The number of carbonyl (C=O) groups is 2. The number of anilines is 1. The quantitative estimate of drug-likeness (QED) is 0.524. The first-order valence-electron chi connectivity index (χ1n) is 9.86. The van der Waals surface area contributed by atoms with Crippen LogP contribution >= 0.6 is 22.9 Å². The second-order valence-electron chi connectivity index (χ2n) is 7.52. The van der Waals surface area contributed by atoms with E-state index in [9.17, 15) is 9.59 Å². The molecule has 30 heavy (non-hydrogen) atoms. The Morgan fingerprint density at radius 3 is 2.40 bits per heavy atom. The standard InChI is InChI=1S/C23H22ClN3O2S/c1-13(15-7-11-19(12-8-15)27-21(28)16-3-4-16)25-22(29)20-14(2)26-23(30-20)17-5-9-18(24)10-6-17/h5-13,16H,3-4H2,1-2H3,(H,25,29)(H,27,28). The highest BCUT2D eigenvalue weighted by Crippen LogP contribution is 2.31. The Balaban J connectivity index is 1.41. The number of nitrogens with one attached hydrogen (secondary N) is 2. The number of nitrogens with zero attached hydrogens (tertiary/aromatic N) is 1. The van der Waals surface area contributed by atoms with Gasteiger partial charge in [0.1, 0.15) is 9.88 Å². The third-order valence-electron chi connectivity index (χ3n) is 5.07. The van der Waals surface area contributed by atoms with Crippen molar-refractivity contribution in [2.45, 2.75) is 32.7 Å². The van der Waals surface area contributed by atoms with Gasteiger partial charge in [-0.15, -0.1) is 11.3 Å². The molecule has 7 heteroatoms. The fourth-order valence-corrected chi connectivity index (χ4v) is 4.21. The molecule has 0 spiro atoms. The molecule has 1 aliphatic carbocycles. The van der Waals surface area contributed by atoms with Gasteiger partial charge < -0.3 is 10.6 Å². The van der Waals surface area contributed by atoms with Gasteiger partial charge in [-0.05, 0) is 56.5 Å². The van der Waals surface area contributed by atoms with E-state index in [1.54, 1.807) is 0 Å². The number of hydrogen-bond acceptors (Lipinski definition) is 4. The topological polar surface area (TPSA) is 71.1 Å². The predicted octanol–water partition coefficient (Wildman–Crippen LogP) is 5.61. The molecule has 2 aromatic carbocycles. The van der Waals surface area contributed by atoms with E-state index in [0.717, 1.165) is 34.7 Å². The lowest BCUT2D eigenvalue weighted by Crippen LogP contribution is -2.26. The molecule has 0 bridgehead atoms. The lowest BCUT2D eigenvalue weighted by atomic mass is 10.1. The second kappa shape index (κ2) is 8.58. The molecule has 1 saturated carbocycles. The Bertz CT molecular complexity index is 1070. The minimum Gasteiger partial charge on any atom is -0.345 e. The number of carbonyl (C=O) groups excluding carboxylic acids is 2. The number of benzene rings is 2. The molecule has 1 aromatic heterocycles. The summed E-state index contributed by atoms with van der Waals surface area (Å²) < 4.78 is 0. The summed E-state index contributed by atoms with van der Waals surface area (Å²) in [6.45, 7) is 3.78. The molecule has 1 fully saturated rings. The van der Waals surface area contributed by atoms with Gasteiger partial charge in [-0.2, -0.15) is 0 Å². The van der Waals surface area contributed by atoms with Gasteiger partial charge in [0.2, 0.25) is 5.91 Å². The number of hydrogen-bond donors (Lipinski definition) is 2. The van der Waals surface area contributed by atoms with Gasteiger partial charge in [-0.1, -0.05) is 35.9 Å². The Morgan fingerprint density at radius 1 is 1.10 bits per heavy atom. The van der Waals surface area contributed by atoms with E-state index in [1.165, 1.54) is 11.3 Å². The summed E-state index contributed by atoms with van der Waals surface area (Å²) in [5.41, 5.74) is 3.38. The van der Waals surface area contributed by atoms with Crippen LogP contribution in [0.25, 0.3) is 10.6 Å². The first-order valence-corrected chi connectivity index (χ1v) is 11.0. The normalized spacial score (nSPS) is 14.2. The largest absolute Gasteiger partial charge is 0.345 e. The summed E-state index contributed by atoms with van der Waals surface area (Å²) in [7, 11) is 0. The minimum absolute atomic E-state index is 0.0845. The number of aromatic nitrogens is 1. The molecule has 0 saturated heterocycles. The van der Waals surface area contributed by atoms with Crippen LogP contribution in [0.15, 0.2) is 48.5 Å². The van der Waals surface area contributed by atoms with Gasteiger partial charge >= 0.3 is 0 Å². The number of amides is 2. The van der Waals surface area contributed by atoms with E-state index in [1.807, 2.05) is 62.4 Å². The zero-order valence-electron chi connectivity index (χ0n) is 16.7. The average Bonchev–Trinajstić information content (AvgIpc) is 3.51. The van der Waals surface area contributed by atoms with Crippen molar-refractivity contribution < 1.29 is 9.59 Å². The maximum absolute atomic E-state index is 12.8. The van der Waals surface area contributed by atoms with Crippen molar-refractivity contribution in [1.29, 1.82) is 0 Å². The van der Waals surface area contributed by atoms with Crippen molar-refractivity contribution in [2.75, 3.05) is 5.32 Å². The molecule has 5 nitrogen and oxygen atoms in total. The smallest absolute Gasteiger partial charge is 0.263 e. The van der Waals surface area contributed by atoms with Crippen LogP contribution in [-0.4, -0.2) is 16.8 Å². The lowest BCUT2D eigenvalue weighted by molar-refractivity contribution is -0.117. The summed E-state index contributed by atoms with van der Waals surface area (Å²) >= 11 is 7.32. The molecule has 154 valence electrons. The molecule has 1 aliphatic rings. The fraction of sp³-hybridized carbons (Fsp3) is 0.261. The van der Waals surface area contributed by atoms with Gasteiger partial charge in [-0.25, -0.2) is 4.98 Å². The van der Waals surface area contributed by atoms with Gasteiger partial charge in [0.15, 0.2) is 0 Å². The molecule has 0 aliphatic heterocycles. The fourth-order valence-electron chi connectivity index (χ4n) is 3.11. The van der Waals surface area contributed by atoms with E-state index < -0.39 is 0 Å². The van der Waals surface area contributed by atoms with Crippen LogP contribution in [0.3, 0.4) is 0 Å². The highest BCUT2D eigenvalue weighted by Gasteiger charge is 2.29. The highest BCUT2D eigenvalue weighted by molar-refractivity contribution is 7.17. The maximum atomic E-state index is 12.8. The number of thiazole rings is 1. The Labute approximate surface area is 184 Å². The number of halogens is 1. The molecule has 3 aromatic rings. The van der Waals surface area contributed by atoms with E-state index >= 15 is 0 Å². The van der Waals surface area contributed by atoms with Gasteiger partial charge in [0.05, 0.1) is 11.7 Å². The molecule has 2 N–H and O–H groups in total. The molecule has 1 heterocycles. The van der Waals surface area contributed by atoms with Crippen molar-refractivity contribution in [1.82, 2.24) is 10.3 Å². The predicted molar refractivity (Wildman–Crippen MR) is 121 cm³/mol. The monoisotopic (exact) mass is 439 g/mol. The van der Waals surface area contributed by atoms with Crippen LogP contribution in [0.2, 0.25) is 5.02 Å². The SMILES string of the molecule is Cc1nc(-c2ccc(Cl)cc2)sc1C(=O)NC(C)c1ccc(NC(=O)C2CC2)cc1. The summed E-state index contributed by atoms with van der Waals surface area (Å²) in [5, 5.41) is 7.42. The van der Waals surface area contributed by atoms with E-state index in [0.29, 0.717) is 15.6 Å². The Hall–Kier alpha value is -2.70. The molecule has 4 rings (SSSR count). The highest BCUT2D eigenvalue weighted by atomic mass is 35.5. The van der Waals surface area contributed by atoms with Crippen molar-refractivity contribution in [3.8, 4) is 10.6 Å². The van der Waals surface area contributed by atoms with Crippen LogP contribution in [0.4, 0.5) is 5.69 Å². The zero-order chi connectivity index (χ0) is 21.3. The number of rotatable bonds is 6. The Morgan fingerprint density at radius 2 is 1.77 bits per heavy atom. The van der Waals surface area contributed by atoms with E-state index in [4.69, 9.17) is 11.6 Å². The summed E-state index contributed by atoms with van der Waals surface area (Å²) in [6.07, 6.45) is 1.95. The van der Waals surface area contributed by atoms with Crippen LogP contribution in [0.1, 0.15) is 46.7 Å². The molecule has 2 amide bonds. The zero-order valence-corrected chi connectivity index (χ0v) is 18.3. The first-order chi connectivity index (χ1) is 14.4. The van der Waals surface area contributed by atoms with Crippen molar-refractivity contribution in [3.05, 3.63) is 69.7 Å². The average molecular weight is 440 g/mol. The van der Waals surface area contributed by atoms with E-state index in [2.05, 4.69) is 15.6 Å². The Kier molecular flexibility index (Phi) is 5.88. The van der Waals surface area contributed by atoms with Crippen LogP contribution in [-0.2, 0) is 4.79 Å². The van der Waals surface area contributed by atoms with Crippen molar-refractivity contribution >= 4 is 40.4 Å². The third-order valence-corrected chi connectivity index (χ3v) is 6.53. The second-order valence-corrected chi connectivity index (χ2v) is 8.96. The van der Waals surface area contributed by atoms with Crippen molar-refractivity contribution in [3.63, 3.8) is 0 Å². The minimum atomic E-state index is -0.175. The lowest BCUT2D eigenvalue weighted by Gasteiger charge is -2.14. The van der Waals surface area contributed by atoms with Crippen molar-refractivity contribution in [2.24, 2.45) is 5.92 Å². The molecule has 1 unspecified atom stereocenters. The summed E-state index contributed by atoms with van der Waals surface area (Å²) in [4.78, 5) is 29.8. The number of aryl methyl sites for hydroxylation is 1. The van der Waals surface area contributed by atoms with Gasteiger partial charge in [0.25, 0.3) is 5.91 Å². The van der Waals surface area contributed by atoms with Crippen LogP contribution < -0.4 is 10.6 Å². The molecular formula is C23H22ClN3O2S. The molecule has 0 radical (unpaired) electrons. The van der Waals surface area contributed by atoms with Gasteiger partial charge in [-0.3, -0.25) is 9.59 Å². The summed E-state index contributed by atoms with van der Waals surface area (Å²) in [5.74, 6) is 0.105.